The van der Waals surface area contributed by atoms with Crippen LogP contribution in [0.3, 0.4) is 0 Å². The van der Waals surface area contributed by atoms with E-state index in [1.807, 2.05) is 25.1 Å². The molecule has 0 bridgehead atoms. The highest BCUT2D eigenvalue weighted by Crippen LogP contribution is 2.11. The maximum atomic E-state index is 13.6. The van der Waals surface area contributed by atoms with Crippen molar-refractivity contribution in [1.82, 2.24) is 10.3 Å². The Kier molecular flexibility index (Phi) is 5.56. The van der Waals surface area contributed by atoms with E-state index in [1.165, 1.54) is 18.2 Å². The van der Waals surface area contributed by atoms with Crippen LogP contribution in [-0.4, -0.2) is 16.8 Å². The summed E-state index contributed by atoms with van der Waals surface area (Å²) in [5.74, 6) is -1.29. The molecule has 2 amide bonds. The third-order valence-electron chi connectivity index (χ3n) is 3.89. The molecule has 3 aromatic rings. The average Bonchev–Trinajstić information content (AvgIpc) is 2.67. The van der Waals surface area contributed by atoms with Crippen molar-refractivity contribution >= 4 is 17.5 Å². The van der Waals surface area contributed by atoms with E-state index >= 15 is 0 Å². The van der Waals surface area contributed by atoms with Crippen molar-refractivity contribution in [3.8, 4) is 0 Å². The van der Waals surface area contributed by atoms with Gasteiger partial charge in [0.15, 0.2) is 0 Å². The van der Waals surface area contributed by atoms with Crippen LogP contribution in [0.5, 0.6) is 0 Å². The van der Waals surface area contributed by atoms with Crippen LogP contribution in [0.15, 0.2) is 66.7 Å². The lowest BCUT2D eigenvalue weighted by molar-refractivity contribution is 0.0945. The zero-order chi connectivity index (χ0) is 19.2. The normalized spacial score (nSPS) is 10.3. The largest absolute Gasteiger partial charge is 0.347 e. The van der Waals surface area contributed by atoms with Crippen LogP contribution in [0.25, 0.3) is 0 Å². The van der Waals surface area contributed by atoms with E-state index in [9.17, 15) is 14.0 Å². The Bertz CT molecular complexity index is 988. The van der Waals surface area contributed by atoms with E-state index in [4.69, 9.17) is 0 Å². The van der Waals surface area contributed by atoms with Crippen LogP contribution >= 0.6 is 0 Å². The Morgan fingerprint density at radius 2 is 1.63 bits per heavy atom. The summed E-state index contributed by atoms with van der Waals surface area (Å²) in [5.41, 5.74) is 2.25. The zero-order valence-corrected chi connectivity index (χ0v) is 14.7. The molecule has 1 aromatic heterocycles. The van der Waals surface area contributed by atoms with Gasteiger partial charge >= 0.3 is 0 Å². The van der Waals surface area contributed by atoms with Crippen LogP contribution in [0.4, 0.5) is 10.1 Å². The fraction of sp³-hybridized carbons (Fsp3) is 0.0952. The minimum absolute atomic E-state index is 0.0346. The molecule has 0 unspecified atom stereocenters. The number of nitrogens with zero attached hydrogens (tertiary/aromatic N) is 1. The van der Waals surface area contributed by atoms with Gasteiger partial charge in [-0.05, 0) is 42.8 Å². The van der Waals surface area contributed by atoms with Gasteiger partial charge in [-0.2, -0.15) is 0 Å². The maximum absolute atomic E-state index is 13.6. The molecule has 0 saturated heterocycles. The molecular weight excluding hydrogens is 345 g/mol. The van der Waals surface area contributed by atoms with Crippen LogP contribution in [0.2, 0.25) is 0 Å². The first-order chi connectivity index (χ1) is 13.0. The molecule has 0 aliphatic rings. The van der Waals surface area contributed by atoms with Gasteiger partial charge in [-0.3, -0.25) is 9.59 Å². The molecule has 0 atom stereocenters. The van der Waals surface area contributed by atoms with Crippen LogP contribution < -0.4 is 10.6 Å². The molecule has 6 heteroatoms. The second-order valence-electron chi connectivity index (χ2n) is 6.01. The van der Waals surface area contributed by atoms with E-state index in [1.54, 1.807) is 30.3 Å². The first kappa shape index (κ1) is 18.3. The summed E-state index contributed by atoms with van der Waals surface area (Å²) in [6.45, 7) is 1.96. The highest BCUT2D eigenvalue weighted by molar-refractivity contribution is 6.03. The second-order valence-corrected chi connectivity index (χ2v) is 6.01. The van der Waals surface area contributed by atoms with Crippen molar-refractivity contribution in [3.05, 3.63) is 95.1 Å². The summed E-state index contributed by atoms with van der Waals surface area (Å²) >= 11 is 0. The number of nitrogens with one attached hydrogen (secondary N) is 2. The molecule has 3 rings (SSSR count). The van der Waals surface area contributed by atoms with E-state index < -0.39 is 17.6 Å². The summed E-state index contributed by atoms with van der Waals surface area (Å²) in [4.78, 5) is 28.8. The Morgan fingerprint density at radius 1 is 0.926 bits per heavy atom. The number of hydrogen-bond acceptors (Lipinski definition) is 3. The van der Waals surface area contributed by atoms with Gasteiger partial charge in [0.25, 0.3) is 11.8 Å². The van der Waals surface area contributed by atoms with Crippen molar-refractivity contribution in [2.45, 2.75) is 13.5 Å². The summed E-state index contributed by atoms with van der Waals surface area (Å²) in [7, 11) is 0. The standard InChI is InChI=1S/C21H18FN3O2/c1-14-6-4-8-16(12-14)24-21(27)19-11-5-10-18(25-19)20(26)23-13-15-7-2-3-9-17(15)22/h2-12H,13H2,1H3,(H,23,26)(H,24,27). The Hall–Kier alpha value is -3.54. The van der Waals surface area contributed by atoms with Crippen molar-refractivity contribution in [1.29, 1.82) is 0 Å². The number of amides is 2. The van der Waals surface area contributed by atoms with E-state index in [2.05, 4.69) is 15.6 Å². The number of rotatable bonds is 5. The van der Waals surface area contributed by atoms with Gasteiger partial charge in [-0.25, -0.2) is 9.37 Å². The second kappa shape index (κ2) is 8.23. The molecule has 136 valence electrons. The predicted octanol–water partition coefficient (Wildman–Crippen LogP) is 3.71. The Balaban J connectivity index is 1.68. The number of carbonyl (C=O) groups is 2. The highest BCUT2D eigenvalue weighted by Gasteiger charge is 2.13. The first-order valence-electron chi connectivity index (χ1n) is 8.39. The van der Waals surface area contributed by atoms with Crippen molar-refractivity contribution < 1.29 is 14.0 Å². The molecule has 0 aliphatic carbocycles. The van der Waals surface area contributed by atoms with Crippen molar-refractivity contribution in [3.63, 3.8) is 0 Å². The molecule has 5 nitrogen and oxygen atoms in total. The zero-order valence-electron chi connectivity index (χ0n) is 14.7. The van der Waals surface area contributed by atoms with Gasteiger partial charge in [0, 0.05) is 17.8 Å². The number of benzene rings is 2. The van der Waals surface area contributed by atoms with Gasteiger partial charge in [0.05, 0.1) is 0 Å². The van der Waals surface area contributed by atoms with Gasteiger partial charge in [0.2, 0.25) is 0 Å². The summed E-state index contributed by atoms with van der Waals surface area (Å²) < 4.78 is 13.6. The van der Waals surface area contributed by atoms with Gasteiger partial charge in [-0.1, -0.05) is 36.4 Å². The third kappa shape index (κ3) is 4.76. The maximum Gasteiger partial charge on any atom is 0.274 e. The van der Waals surface area contributed by atoms with E-state index in [0.29, 0.717) is 11.3 Å². The smallest absolute Gasteiger partial charge is 0.274 e. The predicted molar refractivity (Wildman–Crippen MR) is 101 cm³/mol. The van der Waals surface area contributed by atoms with E-state index in [-0.39, 0.29) is 17.9 Å². The van der Waals surface area contributed by atoms with Crippen molar-refractivity contribution in [2.24, 2.45) is 0 Å². The molecule has 0 saturated carbocycles. The lowest BCUT2D eigenvalue weighted by atomic mass is 10.2. The van der Waals surface area contributed by atoms with Gasteiger partial charge < -0.3 is 10.6 Å². The molecule has 2 aromatic carbocycles. The summed E-state index contributed by atoms with van der Waals surface area (Å²) in [6.07, 6.45) is 0. The Morgan fingerprint density at radius 3 is 2.37 bits per heavy atom. The fourth-order valence-corrected chi connectivity index (χ4v) is 2.51. The number of halogens is 1. The van der Waals surface area contributed by atoms with Gasteiger partial charge in [0.1, 0.15) is 17.2 Å². The number of anilines is 1. The van der Waals surface area contributed by atoms with Gasteiger partial charge in [-0.15, -0.1) is 0 Å². The molecule has 0 spiro atoms. The van der Waals surface area contributed by atoms with Crippen molar-refractivity contribution in [2.75, 3.05) is 5.32 Å². The SMILES string of the molecule is Cc1cccc(NC(=O)c2cccc(C(=O)NCc3ccccc3F)n2)c1. The lowest BCUT2D eigenvalue weighted by Gasteiger charge is -2.08. The topological polar surface area (TPSA) is 71.1 Å². The lowest BCUT2D eigenvalue weighted by Crippen LogP contribution is -2.25. The summed E-state index contributed by atoms with van der Waals surface area (Å²) in [6, 6.07) is 18.2. The van der Waals surface area contributed by atoms with Crippen LogP contribution in [0.1, 0.15) is 32.1 Å². The number of aryl methyl sites for hydroxylation is 1. The Labute approximate surface area is 156 Å². The number of carbonyl (C=O) groups excluding carboxylic acids is 2. The summed E-state index contributed by atoms with van der Waals surface area (Å²) in [5, 5.41) is 5.35. The highest BCUT2D eigenvalue weighted by atomic mass is 19.1. The molecular formula is C21H18FN3O2. The third-order valence-corrected chi connectivity index (χ3v) is 3.89. The molecule has 2 N–H and O–H groups in total. The monoisotopic (exact) mass is 363 g/mol. The van der Waals surface area contributed by atoms with Crippen LogP contribution in [0, 0.1) is 12.7 Å². The molecule has 0 radical (unpaired) electrons. The first-order valence-corrected chi connectivity index (χ1v) is 8.39. The number of hydrogen-bond donors (Lipinski definition) is 2. The number of aromatic nitrogens is 1. The minimum atomic E-state index is -0.483. The number of pyridine rings is 1. The molecule has 0 fully saturated rings. The minimum Gasteiger partial charge on any atom is -0.347 e. The molecule has 27 heavy (non-hydrogen) atoms. The quantitative estimate of drug-likeness (QED) is 0.726. The fourth-order valence-electron chi connectivity index (χ4n) is 2.51. The average molecular weight is 363 g/mol. The van der Waals surface area contributed by atoms with Crippen LogP contribution in [-0.2, 0) is 6.54 Å². The molecule has 1 heterocycles. The molecule has 0 aliphatic heterocycles. The van der Waals surface area contributed by atoms with E-state index in [0.717, 1.165) is 5.56 Å².